The Morgan fingerprint density at radius 1 is 1.53 bits per heavy atom. The van der Waals surface area contributed by atoms with Gasteiger partial charge in [0.1, 0.15) is 5.41 Å². The number of carboxylic acid groups (broad SMARTS) is 1. The number of carboxylic acids is 1. The lowest BCUT2D eigenvalue weighted by molar-refractivity contribution is -0.149. The first kappa shape index (κ1) is 13.9. The second-order valence-corrected chi connectivity index (χ2v) is 5.07. The number of hydrogen-bond acceptors (Lipinski definition) is 4. The summed E-state index contributed by atoms with van der Waals surface area (Å²) in [6.45, 7) is 5.55. The highest BCUT2D eigenvalue weighted by molar-refractivity contribution is 5.84. The Bertz CT molecular complexity index is 319. The van der Waals surface area contributed by atoms with Crippen LogP contribution in [0.2, 0.25) is 0 Å². The van der Waals surface area contributed by atoms with E-state index in [-0.39, 0.29) is 25.0 Å². The number of amides is 1. The van der Waals surface area contributed by atoms with Gasteiger partial charge in [-0.2, -0.15) is 0 Å². The van der Waals surface area contributed by atoms with E-state index in [0.29, 0.717) is 0 Å². The predicted octanol–water partition coefficient (Wildman–Crippen LogP) is -0.424. The Morgan fingerprint density at radius 2 is 2.12 bits per heavy atom. The van der Waals surface area contributed by atoms with Gasteiger partial charge in [0.05, 0.1) is 25.3 Å². The zero-order chi connectivity index (χ0) is 13.2. The molecular formula is C11H20N2O4. The molecule has 1 aliphatic heterocycles. The molecule has 6 heteroatoms. The van der Waals surface area contributed by atoms with Gasteiger partial charge in [-0.05, 0) is 12.8 Å². The van der Waals surface area contributed by atoms with Crippen LogP contribution >= 0.6 is 0 Å². The third-order valence-electron chi connectivity index (χ3n) is 3.28. The van der Waals surface area contributed by atoms with Crippen LogP contribution in [0.15, 0.2) is 0 Å². The van der Waals surface area contributed by atoms with Gasteiger partial charge in [-0.3, -0.25) is 9.59 Å². The molecule has 0 aliphatic carbocycles. The highest BCUT2D eigenvalue weighted by Crippen LogP contribution is 2.28. The summed E-state index contributed by atoms with van der Waals surface area (Å²) in [6, 6.07) is -1.16. The molecule has 6 nitrogen and oxygen atoms in total. The van der Waals surface area contributed by atoms with E-state index in [1.165, 1.54) is 0 Å². The van der Waals surface area contributed by atoms with Crippen molar-refractivity contribution in [3.05, 3.63) is 0 Å². The minimum absolute atomic E-state index is 0.00778. The van der Waals surface area contributed by atoms with Crippen LogP contribution in [-0.4, -0.2) is 42.3 Å². The Morgan fingerprint density at radius 3 is 2.59 bits per heavy atom. The van der Waals surface area contributed by atoms with Crippen LogP contribution in [0.1, 0.15) is 20.8 Å². The van der Waals surface area contributed by atoms with Gasteiger partial charge in [-0.25, -0.2) is 0 Å². The van der Waals surface area contributed by atoms with Gasteiger partial charge in [0.25, 0.3) is 0 Å². The Balaban J connectivity index is 2.69. The van der Waals surface area contributed by atoms with Gasteiger partial charge >= 0.3 is 5.97 Å². The van der Waals surface area contributed by atoms with Crippen LogP contribution in [-0.2, 0) is 14.3 Å². The monoisotopic (exact) mass is 244 g/mol. The van der Waals surface area contributed by atoms with Crippen LogP contribution in [0, 0.1) is 11.3 Å². The molecule has 0 bridgehead atoms. The highest BCUT2D eigenvalue weighted by Gasteiger charge is 2.47. The first-order valence-corrected chi connectivity index (χ1v) is 5.66. The molecule has 0 aromatic carbocycles. The second kappa shape index (κ2) is 5.01. The number of ether oxygens (including phenoxy) is 1. The minimum atomic E-state index is -1.08. The number of carbonyl (C=O) groups excluding carboxylic acids is 1. The van der Waals surface area contributed by atoms with Gasteiger partial charge in [0, 0.05) is 0 Å². The van der Waals surface area contributed by atoms with E-state index >= 15 is 0 Å². The van der Waals surface area contributed by atoms with Crippen molar-refractivity contribution in [2.45, 2.75) is 32.9 Å². The SMILES string of the molecule is CC(C)[C@H](N)C(=O)NC1COCC1(C)C(=O)O. The maximum Gasteiger partial charge on any atom is 0.313 e. The molecule has 2 unspecified atom stereocenters. The molecular weight excluding hydrogens is 224 g/mol. The number of nitrogens with one attached hydrogen (secondary N) is 1. The third-order valence-corrected chi connectivity index (χ3v) is 3.28. The molecule has 0 radical (unpaired) electrons. The average molecular weight is 244 g/mol. The van der Waals surface area contributed by atoms with Crippen molar-refractivity contribution in [2.75, 3.05) is 13.2 Å². The summed E-state index contributed by atoms with van der Waals surface area (Å²) in [7, 11) is 0. The summed E-state index contributed by atoms with van der Waals surface area (Å²) in [5, 5.41) is 11.8. The topological polar surface area (TPSA) is 102 Å². The molecule has 4 N–H and O–H groups in total. The smallest absolute Gasteiger partial charge is 0.313 e. The molecule has 1 saturated heterocycles. The van der Waals surface area contributed by atoms with Gasteiger partial charge < -0.3 is 20.9 Å². The Labute approximate surface area is 101 Å². The maximum atomic E-state index is 11.8. The van der Waals surface area contributed by atoms with E-state index < -0.39 is 23.5 Å². The molecule has 0 saturated carbocycles. The van der Waals surface area contributed by atoms with E-state index in [2.05, 4.69) is 5.32 Å². The van der Waals surface area contributed by atoms with Crippen LogP contribution < -0.4 is 11.1 Å². The molecule has 98 valence electrons. The second-order valence-electron chi connectivity index (χ2n) is 5.07. The molecule has 1 aliphatic rings. The van der Waals surface area contributed by atoms with Gasteiger partial charge in [-0.1, -0.05) is 13.8 Å². The number of hydrogen-bond donors (Lipinski definition) is 3. The third kappa shape index (κ3) is 2.76. The van der Waals surface area contributed by atoms with E-state index in [0.717, 1.165) is 0 Å². The van der Waals surface area contributed by atoms with Crippen molar-refractivity contribution in [2.24, 2.45) is 17.1 Å². The lowest BCUT2D eigenvalue weighted by Gasteiger charge is -2.27. The molecule has 1 heterocycles. The largest absolute Gasteiger partial charge is 0.481 e. The fraction of sp³-hybridized carbons (Fsp3) is 0.818. The number of rotatable bonds is 4. The molecule has 17 heavy (non-hydrogen) atoms. The summed E-state index contributed by atoms with van der Waals surface area (Å²) in [6.07, 6.45) is 0. The molecule has 0 aromatic heterocycles. The molecule has 1 amide bonds. The molecule has 0 aromatic rings. The van der Waals surface area contributed by atoms with Crippen molar-refractivity contribution in [3.63, 3.8) is 0 Å². The normalized spacial score (nSPS) is 30.3. The number of carbonyl (C=O) groups is 2. The van der Waals surface area contributed by atoms with Crippen LogP contribution in [0.25, 0.3) is 0 Å². The standard InChI is InChI=1S/C11H20N2O4/c1-6(2)8(12)9(14)13-7-4-17-5-11(7,3)10(15)16/h6-8H,4-5,12H2,1-3H3,(H,13,14)(H,15,16)/t7?,8-,11?/m0/s1. The summed E-state index contributed by atoms with van der Waals surface area (Å²) >= 11 is 0. The summed E-state index contributed by atoms with van der Waals surface area (Å²) in [4.78, 5) is 22.9. The van der Waals surface area contributed by atoms with Crippen molar-refractivity contribution in [1.82, 2.24) is 5.32 Å². The van der Waals surface area contributed by atoms with Crippen LogP contribution in [0.4, 0.5) is 0 Å². The zero-order valence-corrected chi connectivity index (χ0v) is 10.4. The van der Waals surface area contributed by atoms with E-state index in [9.17, 15) is 9.59 Å². The summed E-state index contributed by atoms with van der Waals surface area (Å²) in [5.41, 5.74) is 4.63. The van der Waals surface area contributed by atoms with E-state index in [1.807, 2.05) is 13.8 Å². The van der Waals surface area contributed by atoms with Crippen molar-refractivity contribution >= 4 is 11.9 Å². The molecule has 1 fully saturated rings. The number of nitrogens with two attached hydrogens (primary N) is 1. The van der Waals surface area contributed by atoms with E-state index in [1.54, 1.807) is 6.92 Å². The van der Waals surface area contributed by atoms with Crippen molar-refractivity contribution < 1.29 is 19.4 Å². The van der Waals surface area contributed by atoms with Gasteiger partial charge in [0.15, 0.2) is 0 Å². The lowest BCUT2D eigenvalue weighted by Crippen LogP contribution is -2.54. The van der Waals surface area contributed by atoms with Gasteiger partial charge in [-0.15, -0.1) is 0 Å². The maximum absolute atomic E-state index is 11.8. The van der Waals surface area contributed by atoms with Crippen LogP contribution in [0.3, 0.4) is 0 Å². The van der Waals surface area contributed by atoms with Crippen molar-refractivity contribution in [3.8, 4) is 0 Å². The number of aliphatic carboxylic acids is 1. The summed E-state index contributed by atoms with van der Waals surface area (Å²) in [5.74, 6) is -1.30. The van der Waals surface area contributed by atoms with Crippen molar-refractivity contribution in [1.29, 1.82) is 0 Å². The Hall–Kier alpha value is -1.14. The average Bonchev–Trinajstić information content (AvgIpc) is 2.60. The first-order chi connectivity index (χ1) is 7.79. The van der Waals surface area contributed by atoms with Crippen LogP contribution in [0.5, 0.6) is 0 Å². The molecule has 3 atom stereocenters. The summed E-state index contributed by atoms with van der Waals surface area (Å²) < 4.78 is 5.14. The highest BCUT2D eigenvalue weighted by atomic mass is 16.5. The first-order valence-electron chi connectivity index (χ1n) is 5.66. The molecule has 0 spiro atoms. The minimum Gasteiger partial charge on any atom is -0.481 e. The zero-order valence-electron chi connectivity index (χ0n) is 10.4. The lowest BCUT2D eigenvalue weighted by atomic mass is 9.85. The van der Waals surface area contributed by atoms with Gasteiger partial charge in [0.2, 0.25) is 5.91 Å². The van der Waals surface area contributed by atoms with E-state index in [4.69, 9.17) is 15.6 Å². The quantitative estimate of drug-likeness (QED) is 0.623. The fourth-order valence-corrected chi connectivity index (χ4v) is 1.66. The molecule has 1 rings (SSSR count). The fourth-order valence-electron chi connectivity index (χ4n) is 1.66. The predicted molar refractivity (Wildman–Crippen MR) is 61.3 cm³/mol. The Kier molecular flexibility index (Phi) is 4.11.